The number of furan rings is 1. The average Bonchev–Trinajstić information content (AvgIpc) is 3.51. The number of fused-ring (bicyclic) bond motifs is 2. The molecule has 9 nitrogen and oxygen atoms in total. The van der Waals surface area contributed by atoms with Crippen LogP contribution in [-0.2, 0) is 6.54 Å². The second-order valence-corrected chi connectivity index (χ2v) is 8.45. The zero-order valence-corrected chi connectivity index (χ0v) is 19.2. The second kappa shape index (κ2) is 8.37. The third-order valence-corrected chi connectivity index (χ3v) is 5.90. The van der Waals surface area contributed by atoms with Crippen LogP contribution in [0.4, 0.5) is 5.69 Å². The first-order chi connectivity index (χ1) is 17.0. The zero-order chi connectivity index (χ0) is 23.9. The fraction of sp³-hybridized carbons (Fsp3) is 0.0800. The molecule has 0 aliphatic rings. The predicted molar refractivity (Wildman–Crippen MR) is 134 cm³/mol. The van der Waals surface area contributed by atoms with Gasteiger partial charge in [-0.2, -0.15) is 5.10 Å². The lowest BCUT2D eigenvalue weighted by Gasteiger charge is -2.13. The molecule has 5 aromatic heterocycles. The Kier molecular flexibility index (Phi) is 5.04. The topological polar surface area (TPSA) is 125 Å². The van der Waals surface area contributed by atoms with E-state index in [-0.39, 0.29) is 5.56 Å². The Hall–Kier alpha value is -4.50. The molecule has 0 aliphatic carbocycles. The van der Waals surface area contributed by atoms with Crippen LogP contribution in [0.2, 0.25) is 5.02 Å². The highest BCUT2D eigenvalue weighted by atomic mass is 35.5. The van der Waals surface area contributed by atoms with Gasteiger partial charge in [0.05, 0.1) is 34.7 Å². The second-order valence-electron chi connectivity index (χ2n) is 8.04. The highest BCUT2D eigenvalue weighted by Gasteiger charge is 2.20. The van der Waals surface area contributed by atoms with Crippen LogP contribution in [0.3, 0.4) is 0 Å². The molecular formula is C25H18ClN7O2. The monoisotopic (exact) mass is 483 g/mol. The van der Waals surface area contributed by atoms with E-state index < -0.39 is 0 Å². The smallest absolute Gasteiger partial charge is 0.251 e. The number of benzene rings is 1. The van der Waals surface area contributed by atoms with Crippen LogP contribution in [0.15, 0.2) is 70.1 Å². The van der Waals surface area contributed by atoms with Gasteiger partial charge >= 0.3 is 0 Å². The lowest BCUT2D eigenvalue weighted by atomic mass is 10.1. The van der Waals surface area contributed by atoms with Crippen LogP contribution in [0.1, 0.15) is 11.5 Å². The summed E-state index contributed by atoms with van der Waals surface area (Å²) in [5, 5.41) is 11.6. The van der Waals surface area contributed by atoms with Gasteiger partial charge in [-0.15, -0.1) is 0 Å². The summed E-state index contributed by atoms with van der Waals surface area (Å²) in [7, 11) is 0. The van der Waals surface area contributed by atoms with Crippen molar-refractivity contribution in [3.63, 3.8) is 0 Å². The number of anilines is 1. The van der Waals surface area contributed by atoms with E-state index in [4.69, 9.17) is 26.0 Å². The number of nitrogens with zero attached hydrogens (tertiary/aromatic N) is 4. The lowest BCUT2D eigenvalue weighted by Crippen LogP contribution is -2.11. The quantitative estimate of drug-likeness (QED) is 0.312. The Morgan fingerprint density at radius 3 is 2.80 bits per heavy atom. The number of hydrogen-bond acceptors (Lipinski definition) is 7. The van der Waals surface area contributed by atoms with Crippen molar-refractivity contribution in [1.82, 2.24) is 30.1 Å². The molecule has 0 saturated heterocycles. The van der Waals surface area contributed by atoms with Gasteiger partial charge in [-0.05, 0) is 43.3 Å². The molecule has 6 rings (SSSR count). The highest BCUT2D eigenvalue weighted by molar-refractivity contribution is 6.35. The first-order valence-corrected chi connectivity index (χ1v) is 11.2. The third kappa shape index (κ3) is 3.91. The first kappa shape index (κ1) is 21.1. The molecular weight excluding hydrogens is 466 g/mol. The van der Waals surface area contributed by atoms with E-state index in [2.05, 4.69) is 25.5 Å². The van der Waals surface area contributed by atoms with Gasteiger partial charge in [-0.1, -0.05) is 17.7 Å². The summed E-state index contributed by atoms with van der Waals surface area (Å²) in [5.41, 5.74) is 4.44. The number of nitrogens with one attached hydrogen (secondary N) is 3. The van der Waals surface area contributed by atoms with Crippen molar-refractivity contribution in [2.24, 2.45) is 0 Å². The van der Waals surface area contributed by atoms with Crippen LogP contribution < -0.4 is 10.9 Å². The van der Waals surface area contributed by atoms with Gasteiger partial charge in [0.1, 0.15) is 22.7 Å². The molecule has 0 saturated carbocycles. The van der Waals surface area contributed by atoms with E-state index in [0.29, 0.717) is 45.6 Å². The number of pyridine rings is 2. The molecule has 0 fully saturated rings. The molecule has 172 valence electrons. The molecule has 0 aliphatic heterocycles. The minimum atomic E-state index is -0.299. The Labute approximate surface area is 203 Å². The minimum Gasteiger partial charge on any atom is -0.460 e. The Morgan fingerprint density at radius 2 is 2.00 bits per heavy atom. The van der Waals surface area contributed by atoms with Gasteiger partial charge in [0, 0.05) is 23.2 Å². The Bertz CT molecular complexity index is 1760. The van der Waals surface area contributed by atoms with Crippen molar-refractivity contribution in [2.45, 2.75) is 13.5 Å². The van der Waals surface area contributed by atoms with Crippen molar-refractivity contribution in [2.75, 3.05) is 5.32 Å². The molecule has 0 amide bonds. The number of H-pyrrole nitrogens is 2. The van der Waals surface area contributed by atoms with Crippen LogP contribution in [-0.4, -0.2) is 30.1 Å². The van der Waals surface area contributed by atoms with E-state index >= 15 is 0 Å². The standard InChI is InChI=1S/C25H18ClN7O2/c1-13-5-6-19(35-13)24-22(14-8-15-11-29-33-21(15)17(26)9-14)31-23-18(10-20(34)30-25(23)32-24)28-12-16-4-2-3-7-27-16/h2-11H,12H2,1H3,(H,29,33)(H2,28,30,32,34). The Morgan fingerprint density at radius 1 is 1.09 bits per heavy atom. The molecule has 0 spiro atoms. The minimum absolute atomic E-state index is 0.299. The van der Waals surface area contributed by atoms with Crippen molar-refractivity contribution in [1.29, 1.82) is 0 Å². The van der Waals surface area contributed by atoms with Crippen LogP contribution >= 0.6 is 11.6 Å². The molecule has 3 N–H and O–H groups in total. The maximum atomic E-state index is 12.5. The van der Waals surface area contributed by atoms with Crippen molar-refractivity contribution in [3.8, 4) is 22.7 Å². The SMILES string of the molecule is Cc1ccc(-c2nc3[nH]c(=O)cc(NCc4ccccn4)c3nc2-c2cc(Cl)c3[nH]ncc3c2)o1. The van der Waals surface area contributed by atoms with Gasteiger partial charge in [-0.3, -0.25) is 14.9 Å². The average molecular weight is 484 g/mol. The Balaban J connectivity index is 1.57. The molecule has 35 heavy (non-hydrogen) atoms. The zero-order valence-electron chi connectivity index (χ0n) is 18.5. The number of aromatic nitrogens is 6. The number of aromatic amines is 2. The van der Waals surface area contributed by atoms with Gasteiger partial charge in [0.15, 0.2) is 11.4 Å². The largest absolute Gasteiger partial charge is 0.460 e. The molecule has 6 aromatic rings. The molecule has 10 heteroatoms. The number of halogens is 1. The first-order valence-electron chi connectivity index (χ1n) is 10.8. The van der Waals surface area contributed by atoms with Crippen LogP contribution in [0, 0.1) is 6.92 Å². The summed E-state index contributed by atoms with van der Waals surface area (Å²) in [4.78, 5) is 29.3. The maximum absolute atomic E-state index is 12.5. The molecule has 0 unspecified atom stereocenters. The van der Waals surface area contributed by atoms with Gasteiger partial charge in [-0.25, -0.2) is 9.97 Å². The van der Waals surface area contributed by atoms with Crippen molar-refractivity contribution < 1.29 is 4.42 Å². The molecule has 0 radical (unpaired) electrons. The van der Waals surface area contributed by atoms with Crippen molar-refractivity contribution >= 4 is 39.4 Å². The summed E-state index contributed by atoms with van der Waals surface area (Å²) >= 11 is 6.53. The summed E-state index contributed by atoms with van der Waals surface area (Å²) in [6.07, 6.45) is 3.42. The molecule has 0 atom stereocenters. The molecule has 5 heterocycles. The van der Waals surface area contributed by atoms with Gasteiger partial charge in [0.25, 0.3) is 5.56 Å². The van der Waals surface area contributed by atoms with Gasteiger partial charge < -0.3 is 14.7 Å². The number of aryl methyl sites for hydroxylation is 1. The molecule has 1 aromatic carbocycles. The third-order valence-electron chi connectivity index (χ3n) is 5.60. The maximum Gasteiger partial charge on any atom is 0.251 e. The van der Waals surface area contributed by atoms with E-state index in [1.807, 2.05) is 49.4 Å². The lowest BCUT2D eigenvalue weighted by molar-refractivity contribution is 0.546. The number of rotatable bonds is 5. The number of hydrogen-bond donors (Lipinski definition) is 3. The summed E-state index contributed by atoms with van der Waals surface area (Å²) < 4.78 is 5.88. The van der Waals surface area contributed by atoms with Crippen LogP contribution in [0.5, 0.6) is 0 Å². The summed E-state index contributed by atoms with van der Waals surface area (Å²) in [6, 6.07) is 14.6. The highest BCUT2D eigenvalue weighted by Crippen LogP contribution is 2.36. The molecule has 0 bridgehead atoms. The van der Waals surface area contributed by atoms with E-state index in [1.165, 1.54) is 6.07 Å². The van der Waals surface area contributed by atoms with E-state index in [1.54, 1.807) is 12.4 Å². The van der Waals surface area contributed by atoms with Crippen LogP contribution in [0.25, 0.3) is 44.8 Å². The normalized spacial score (nSPS) is 11.4. The fourth-order valence-electron chi connectivity index (χ4n) is 3.97. The predicted octanol–water partition coefficient (Wildman–Crippen LogP) is 5.09. The summed E-state index contributed by atoms with van der Waals surface area (Å²) in [6.45, 7) is 2.27. The van der Waals surface area contributed by atoms with E-state index in [0.717, 1.165) is 27.9 Å². The fourth-order valence-corrected chi connectivity index (χ4v) is 4.24. The van der Waals surface area contributed by atoms with E-state index in [9.17, 15) is 4.79 Å². The van der Waals surface area contributed by atoms with Crippen molar-refractivity contribution in [3.05, 3.63) is 87.8 Å². The van der Waals surface area contributed by atoms with Gasteiger partial charge in [0.2, 0.25) is 0 Å². The summed E-state index contributed by atoms with van der Waals surface area (Å²) in [5.74, 6) is 1.26.